The Balaban J connectivity index is 3.75. The third-order valence-electron chi connectivity index (χ3n) is 0.330. The fourth-order valence-corrected chi connectivity index (χ4v) is 2.33. The SMILES string of the molecule is C[Si](O)(O)O[Si](O)(O)O. The summed E-state index contributed by atoms with van der Waals surface area (Å²) >= 11 is 0. The molecule has 0 unspecified atom stereocenters. The molecule has 0 bridgehead atoms. The van der Waals surface area contributed by atoms with Gasteiger partial charge in [0, 0.05) is 6.55 Å². The van der Waals surface area contributed by atoms with Crippen LogP contribution in [0.1, 0.15) is 0 Å². The van der Waals surface area contributed by atoms with Crippen LogP contribution >= 0.6 is 0 Å². The molecular weight excluding hydrogens is 164 g/mol. The highest BCUT2D eigenvalue weighted by molar-refractivity contribution is 6.67. The Kier molecular flexibility index (Phi) is 2.49. The summed E-state index contributed by atoms with van der Waals surface area (Å²) in [5.41, 5.74) is 0. The van der Waals surface area contributed by atoms with Gasteiger partial charge in [0.15, 0.2) is 0 Å². The third-order valence-corrected chi connectivity index (χ3v) is 2.97. The van der Waals surface area contributed by atoms with Gasteiger partial charge in [-0.1, -0.05) is 0 Å². The van der Waals surface area contributed by atoms with E-state index in [-0.39, 0.29) is 0 Å². The van der Waals surface area contributed by atoms with Crippen LogP contribution in [-0.4, -0.2) is 41.8 Å². The second-order valence-corrected chi connectivity index (χ2v) is 5.44. The van der Waals surface area contributed by atoms with Crippen molar-refractivity contribution in [3.63, 3.8) is 0 Å². The molecule has 56 valence electrons. The molecule has 0 aromatic carbocycles. The molecule has 0 aliphatic rings. The zero-order valence-corrected chi connectivity index (χ0v) is 6.64. The zero-order valence-electron chi connectivity index (χ0n) is 4.64. The number of hydrogen-bond acceptors (Lipinski definition) is 6. The molecule has 0 saturated carbocycles. The van der Waals surface area contributed by atoms with E-state index >= 15 is 0 Å². The van der Waals surface area contributed by atoms with E-state index in [0.717, 1.165) is 6.55 Å². The normalized spacial score (nSPS) is 14.0. The second kappa shape index (κ2) is 2.44. The van der Waals surface area contributed by atoms with Crippen LogP contribution in [0.15, 0.2) is 0 Å². The summed E-state index contributed by atoms with van der Waals surface area (Å²) in [5, 5.41) is 0. The van der Waals surface area contributed by atoms with Crippen molar-refractivity contribution in [1.29, 1.82) is 0 Å². The van der Waals surface area contributed by atoms with Crippen LogP contribution in [0.5, 0.6) is 0 Å². The monoisotopic (exact) mass is 172 g/mol. The maximum atomic E-state index is 8.38. The van der Waals surface area contributed by atoms with E-state index in [4.69, 9.17) is 24.0 Å². The zero-order chi connectivity index (χ0) is 7.71. The Morgan fingerprint density at radius 2 is 1.33 bits per heavy atom. The molecule has 0 fully saturated rings. The van der Waals surface area contributed by atoms with E-state index in [0.29, 0.717) is 0 Å². The molecule has 0 aromatic rings. The van der Waals surface area contributed by atoms with Gasteiger partial charge >= 0.3 is 17.9 Å². The smallest absolute Gasteiger partial charge is 0.390 e. The van der Waals surface area contributed by atoms with Gasteiger partial charge in [-0.25, -0.2) is 0 Å². The Labute approximate surface area is 53.4 Å². The molecule has 0 spiro atoms. The van der Waals surface area contributed by atoms with Gasteiger partial charge in [-0.2, -0.15) is 0 Å². The van der Waals surface area contributed by atoms with Crippen molar-refractivity contribution in [3.05, 3.63) is 0 Å². The van der Waals surface area contributed by atoms with Gasteiger partial charge in [-0.15, -0.1) is 0 Å². The van der Waals surface area contributed by atoms with Crippen LogP contribution in [-0.2, 0) is 4.12 Å². The van der Waals surface area contributed by atoms with Crippen molar-refractivity contribution in [2.24, 2.45) is 0 Å². The number of rotatable bonds is 2. The summed E-state index contributed by atoms with van der Waals surface area (Å²) < 4.78 is 3.68. The topological polar surface area (TPSA) is 110 Å². The Bertz CT molecular complexity index is 76.2. The second-order valence-electron chi connectivity index (χ2n) is 1.61. The van der Waals surface area contributed by atoms with Crippen molar-refractivity contribution in [2.75, 3.05) is 0 Å². The van der Waals surface area contributed by atoms with E-state index in [2.05, 4.69) is 4.12 Å². The first kappa shape index (κ1) is 9.19. The van der Waals surface area contributed by atoms with E-state index < -0.39 is 17.9 Å². The van der Waals surface area contributed by atoms with Gasteiger partial charge in [-0.05, 0) is 0 Å². The molecule has 0 aliphatic heterocycles. The first-order valence-corrected chi connectivity index (χ1v) is 6.08. The van der Waals surface area contributed by atoms with Gasteiger partial charge < -0.3 is 28.1 Å². The predicted molar refractivity (Wildman–Crippen MR) is 29.6 cm³/mol. The lowest BCUT2D eigenvalue weighted by Gasteiger charge is -2.16. The molecule has 0 rings (SSSR count). The van der Waals surface area contributed by atoms with E-state index in [1.807, 2.05) is 0 Å². The molecule has 0 aromatic heterocycles. The third kappa shape index (κ3) is 8.19. The quantitative estimate of drug-likeness (QED) is 0.283. The van der Waals surface area contributed by atoms with E-state index in [9.17, 15) is 0 Å². The average molecular weight is 172 g/mol. The lowest BCUT2D eigenvalue weighted by Crippen LogP contribution is -2.51. The predicted octanol–water partition coefficient (Wildman–Crippen LogP) is -3.03. The van der Waals surface area contributed by atoms with Gasteiger partial charge in [0.25, 0.3) is 0 Å². The number of hydrogen-bond donors (Lipinski definition) is 5. The van der Waals surface area contributed by atoms with Crippen molar-refractivity contribution in [2.45, 2.75) is 6.55 Å². The molecule has 8 heteroatoms. The van der Waals surface area contributed by atoms with Gasteiger partial charge in [0.2, 0.25) is 0 Å². The summed E-state index contributed by atoms with van der Waals surface area (Å²) in [6.45, 7) is 0.872. The minimum absolute atomic E-state index is 0.872. The molecule has 0 radical (unpaired) electrons. The minimum atomic E-state index is -4.73. The first-order chi connectivity index (χ1) is 3.71. The highest BCUT2D eigenvalue weighted by atomic mass is 28.5. The van der Waals surface area contributed by atoms with Crippen LogP contribution in [0.25, 0.3) is 0 Å². The fraction of sp³-hybridized carbons (Fsp3) is 1.00. The van der Waals surface area contributed by atoms with Gasteiger partial charge in [0.1, 0.15) is 0 Å². The van der Waals surface area contributed by atoms with E-state index in [1.165, 1.54) is 0 Å². The summed E-state index contributed by atoms with van der Waals surface area (Å²) in [5.74, 6) is 0. The molecule has 9 heavy (non-hydrogen) atoms. The van der Waals surface area contributed by atoms with Crippen LogP contribution < -0.4 is 0 Å². The Morgan fingerprint density at radius 1 is 1.00 bits per heavy atom. The molecule has 0 atom stereocenters. The summed E-state index contributed by atoms with van der Waals surface area (Å²) in [6, 6.07) is 0. The summed E-state index contributed by atoms with van der Waals surface area (Å²) in [4.78, 5) is 41.0. The molecule has 0 amide bonds. The van der Waals surface area contributed by atoms with Crippen LogP contribution in [0.3, 0.4) is 0 Å². The molecule has 0 saturated heterocycles. The fourth-order valence-electron chi connectivity index (χ4n) is 0.259. The van der Waals surface area contributed by atoms with Crippen molar-refractivity contribution >= 4 is 17.9 Å². The van der Waals surface area contributed by atoms with Crippen molar-refractivity contribution < 1.29 is 28.1 Å². The Morgan fingerprint density at radius 3 is 1.33 bits per heavy atom. The average Bonchev–Trinajstić information content (AvgIpc) is 1.14. The summed E-state index contributed by atoms with van der Waals surface area (Å²) in [6.07, 6.45) is 0. The Hall–Kier alpha value is 0.194. The lowest BCUT2D eigenvalue weighted by molar-refractivity contribution is 0.0864. The maximum Gasteiger partial charge on any atom is 0.663 e. The molecule has 5 N–H and O–H groups in total. The highest BCUT2D eigenvalue weighted by Crippen LogP contribution is 1.99. The highest BCUT2D eigenvalue weighted by Gasteiger charge is 2.41. The van der Waals surface area contributed by atoms with Gasteiger partial charge in [-0.3, -0.25) is 0 Å². The first-order valence-electron chi connectivity index (χ1n) is 2.03. The lowest BCUT2D eigenvalue weighted by atomic mass is 11.9. The van der Waals surface area contributed by atoms with E-state index in [1.54, 1.807) is 0 Å². The van der Waals surface area contributed by atoms with Crippen molar-refractivity contribution in [1.82, 2.24) is 0 Å². The largest absolute Gasteiger partial charge is 0.663 e. The standard InChI is InChI=1S/CH8O6Si2/c1-8(2,3)7-9(4,5)6/h2-6H,1H3. The molecule has 0 aliphatic carbocycles. The molecule has 0 heterocycles. The minimum Gasteiger partial charge on any atom is -0.390 e. The maximum absolute atomic E-state index is 8.38. The van der Waals surface area contributed by atoms with Crippen molar-refractivity contribution in [3.8, 4) is 0 Å². The van der Waals surface area contributed by atoms with Crippen LogP contribution in [0.4, 0.5) is 0 Å². The molecular formula is CH8O6Si2. The van der Waals surface area contributed by atoms with Gasteiger partial charge in [0.05, 0.1) is 0 Å². The summed E-state index contributed by atoms with van der Waals surface area (Å²) in [7, 11) is -8.71. The van der Waals surface area contributed by atoms with Crippen LogP contribution in [0, 0.1) is 0 Å². The molecule has 6 nitrogen and oxygen atoms in total. The van der Waals surface area contributed by atoms with Crippen LogP contribution in [0.2, 0.25) is 6.55 Å².